The predicted molar refractivity (Wildman–Crippen MR) is 109 cm³/mol. The maximum absolute atomic E-state index is 5.98. The lowest BCUT2D eigenvalue weighted by atomic mass is 9.98. The van der Waals surface area contributed by atoms with Crippen molar-refractivity contribution >= 4 is 33.1 Å². The lowest BCUT2D eigenvalue weighted by Crippen LogP contribution is -1.83. The van der Waals surface area contributed by atoms with Crippen molar-refractivity contribution in [2.75, 3.05) is 0 Å². The summed E-state index contributed by atoms with van der Waals surface area (Å²) in [4.78, 5) is 0. The van der Waals surface area contributed by atoms with Crippen LogP contribution in [0.2, 0.25) is 0 Å². The highest BCUT2D eigenvalue weighted by Gasteiger charge is 2.12. The fraction of sp³-hybridized carbons (Fsp3) is 0. The molecule has 0 aliphatic carbocycles. The summed E-state index contributed by atoms with van der Waals surface area (Å²) in [6.07, 6.45) is 1.85. The van der Waals surface area contributed by atoms with Crippen molar-refractivity contribution in [2.45, 2.75) is 0 Å². The topological polar surface area (TPSA) is 13.1 Å². The average molecular weight is 350 g/mol. The van der Waals surface area contributed by atoms with Crippen molar-refractivity contribution in [3.63, 3.8) is 0 Å². The van der Waals surface area contributed by atoms with E-state index in [0.29, 0.717) is 0 Å². The van der Waals surface area contributed by atoms with Gasteiger partial charge in [-0.1, -0.05) is 60.4 Å². The molecule has 122 valence electrons. The van der Waals surface area contributed by atoms with Crippen LogP contribution in [-0.2, 0) is 0 Å². The summed E-state index contributed by atoms with van der Waals surface area (Å²) < 4.78 is 5.98. The third-order valence-corrected chi connectivity index (χ3v) is 5.23. The molecule has 0 N–H and O–H groups in total. The van der Waals surface area contributed by atoms with E-state index >= 15 is 0 Å². The minimum atomic E-state index is 0.929. The number of thiophene rings is 1. The molecule has 0 radical (unpaired) electrons. The van der Waals surface area contributed by atoms with Gasteiger partial charge in [0.15, 0.2) is 0 Å². The summed E-state index contributed by atoms with van der Waals surface area (Å²) >= 11 is 1.66. The molecular formula is C24H14OS. The predicted octanol–water partition coefficient (Wildman–Crippen LogP) is 6.71. The van der Waals surface area contributed by atoms with Crippen molar-refractivity contribution in [2.24, 2.45) is 0 Å². The van der Waals surface area contributed by atoms with E-state index in [1.165, 1.54) is 5.39 Å². The van der Waals surface area contributed by atoms with Gasteiger partial charge in [0.1, 0.15) is 5.58 Å². The molecule has 0 saturated carbocycles. The second-order valence-electron chi connectivity index (χ2n) is 6.12. The third kappa shape index (κ3) is 2.50. The smallest absolute Gasteiger partial charge is 0.142 e. The van der Waals surface area contributed by atoms with E-state index in [1.54, 1.807) is 11.3 Å². The highest BCUT2D eigenvalue weighted by atomic mass is 32.1. The average Bonchev–Trinajstić information content (AvgIpc) is 3.36. The highest BCUT2D eigenvalue weighted by molar-refractivity contribution is 7.08. The Morgan fingerprint density at radius 2 is 1.62 bits per heavy atom. The summed E-state index contributed by atoms with van der Waals surface area (Å²) in [6.45, 7) is 0. The fourth-order valence-electron chi connectivity index (χ4n) is 3.27. The summed E-state index contributed by atoms with van der Waals surface area (Å²) in [5.41, 5.74) is 5.17. The summed E-state index contributed by atoms with van der Waals surface area (Å²) in [7, 11) is 0. The molecule has 1 nitrogen and oxygen atoms in total. The quantitative estimate of drug-likeness (QED) is 0.306. The van der Waals surface area contributed by atoms with E-state index in [0.717, 1.165) is 38.6 Å². The molecular weight excluding hydrogens is 336 g/mol. The monoisotopic (exact) mass is 350 g/mol. The minimum absolute atomic E-state index is 0.929. The molecule has 2 heterocycles. The number of benzene rings is 3. The first-order chi connectivity index (χ1) is 12.9. The minimum Gasteiger partial charge on any atom is -0.463 e. The summed E-state index contributed by atoms with van der Waals surface area (Å²) in [5.74, 6) is 6.57. The zero-order chi connectivity index (χ0) is 17.3. The normalized spacial score (nSPS) is 10.8. The molecule has 5 rings (SSSR count). The van der Waals surface area contributed by atoms with Crippen molar-refractivity contribution in [1.82, 2.24) is 0 Å². The van der Waals surface area contributed by atoms with Crippen molar-refractivity contribution in [1.29, 1.82) is 0 Å². The Bertz CT molecular complexity index is 1280. The van der Waals surface area contributed by atoms with Crippen LogP contribution >= 0.6 is 11.3 Å². The molecule has 0 amide bonds. The van der Waals surface area contributed by atoms with Gasteiger partial charge in [-0.2, -0.15) is 11.3 Å². The van der Waals surface area contributed by atoms with Crippen LogP contribution in [0.1, 0.15) is 11.1 Å². The van der Waals surface area contributed by atoms with E-state index in [-0.39, 0.29) is 0 Å². The molecule has 0 unspecified atom stereocenters. The highest BCUT2D eigenvalue weighted by Crippen LogP contribution is 2.36. The van der Waals surface area contributed by atoms with Gasteiger partial charge in [-0.25, -0.2) is 0 Å². The second-order valence-corrected chi connectivity index (χ2v) is 6.90. The first-order valence-corrected chi connectivity index (χ1v) is 9.37. The second kappa shape index (κ2) is 6.22. The van der Waals surface area contributed by atoms with Gasteiger partial charge in [0.2, 0.25) is 0 Å². The largest absolute Gasteiger partial charge is 0.463 e. The Balaban J connectivity index is 1.70. The van der Waals surface area contributed by atoms with Crippen LogP contribution in [0.3, 0.4) is 0 Å². The van der Waals surface area contributed by atoms with Gasteiger partial charge in [0.25, 0.3) is 0 Å². The molecule has 0 aliphatic heterocycles. The fourth-order valence-corrected chi connectivity index (χ4v) is 3.86. The number of hydrogen-bond acceptors (Lipinski definition) is 2. The molecule has 2 aromatic heterocycles. The van der Waals surface area contributed by atoms with Crippen LogP contribution in [0.4, 0.5) is 0 Å². The Labute approximate surface area is 155 Å². The molecule has 5 aromatic rings. The van der Waals surface area contributed by atoms with Gasteiger partial charge in [-0.15, -0.1) is 0 Å². The van der Waals surface area contributed by atoms with Crippen LogP contribution < -0.4 is 0 Å². The molecule has 0 spiro atoms. The van der Waals surface area contributed by atoms with Crippen LogP contribution in [0.15, 0.2) is 88.2 Å². The van der Waals surface area contributed by atoms with Gasteiger partial charge >= 0.3 is 0 Å². The Hall–Kier alpha value is -3.28. The first kappa shape index (κ1) is 15.0. The first-order valence-electron chi connectivity index (χ1n) is 8.43. The van der Waals surface area contributed by atoms with E-state index in [9.17, 15) is 0 Å². The van der Waals surface area contributed by atoms with Gasteiger partial charge in [-0.3, -0.25) is 0 Å². The molecule has 0 fully saturated rings. The summed E-state index contributed by atoms with van der Waals surface area (Å²) in [5, 5.41) is 7.55. The van der Waals surface area contributed by atoms with Crippen molar-refractivity contribution in [3.05, 3.63) is 94.9 Å². The van der Waals surface area contributed by atoms with Crippen LogP contribution in [0.25, 0.3) is 32.9 Å². The maximum Gasteiger partial charge on any atom is 0.142 e. The third-order valence-electron chi connectivity index (χ3n) is 4.54. The van der Waals surface area contributed by atoms with Gasteiger partial charge in [-0.05, 0) is 29.0 Å². The Morgan fingerprint density at radius 3 is 2.54 bits per heavy atom. The Morgan fingerprint density at radius 1 is 0.731 bits per heavy atom. The van der Waals surface area contributed by atoms with Gasteiger partial charge < -0.3 is 4.42 Å². The molecule has 0 saturated heterocycles. The van der Waals surface area contributed by atoms with Crippen molar-refractivity contribution in [3.8, 4) is 23.0 Å². The SMILES string of the molecule is C(#Cc1ccccc1-c1coc2c1ccc1ccccc12)c1ccsc1. The van der Waals surface area contributed by atoms with Crippen LogP contribution in [0.5, 0.6) is 0 Å². The standard InChI is InChI=1S/C24H14OS/c1-3-7-20(18(5-1)10-9-17-13-14-26-16-17)23-15-25-24-21-8-4-2-6-19(21)11-12-22(23)24/h1-8,11-16H. The number of furan rings is 1. The molecule has 0 aliphatic rings. The Kier molecular flexibility index (Phi) is 3.59. The maximum atomic E-state index is 5.98. The molecule has 2 heteroatoms. The molecule has 3 aromatic carbocycles. The number of hydrogen-bond donors (Lipinski definition) is 0. The van der Waals surface area contributed by atoms with E-state index < -0.39 is 0 Å². The summed E-state index contributed by atoms with van der Waals surface area (Å²) in [6, 6.07) is 22.9. The van der Waals surface area contributed by atoms with E-state index in [2.05, 4.69) is 53.6 Å². The van der Waals surface area contributed by atoms with Crippen LogP contribution in [-0.4, -0.2) is 0 Å². The van der Waals surface area contributed by atoms with Gasteiger partial charge in [0, 0.05) is 38.4 Å². The molecule has 0 atom stereocenters. The van der Waals surface area contributed by atoms with Gasteiger partial charge in [0.05, 0.1) is 6.26 Å². The molecule has 26 heavy (non-hydrogen) atoms. The van der Waals surface area contributed by atoms with E-state index in [4.69, 9.17) is 4.42 Å². The van der Waals surface area contributed by atoms with E-state index in [1.807, 2.05) is 42.0 Å². The van der Waals surface area contributed by atoms with Crippen molar-refractivity contribution < 1.29 is 4.42 Å². The van der Waals surface area contributed by atoms with Crippen LogP contribution in [0, 0.1) is 11.8 Å². The number of fused-ring (bicyclic) bond motifs is 3. The zero-order valence-corrected chi connectivity index (χ0v) is 14.7. The zero-order valence-electron chi connectivity index (χ0n) is 13.9. The molecule has 0 bridgehead atoms. The lowest BCUT2D eigenvalue weighted by molar-refractivity contribution is 0.620. The number of rotatable bonds is 1. The lowest BCUT2D eigenvalue weighted by Gasteiger charge is -2.03.